The minimum Gasteiger partial charge on any atom is -0.309 e. The van der Waals surface area contributed by atoms with Crippen molar-refractivity contribution in [3.63, 3.8) is 0 Å². The van der Waals surface area contributed by atoms with E-state index in [0.29, 0.717) is 0 Å². The van der Waals surface area contributed by atoms with E-state index in [-0.39, 0.29) is 0 Å². The number of rotatable bonds is 5. The van der Waals surface area contributed by atoms with Crippen LogP contribution in [0.15, 0.2) is 176 Å². The van der Waals surface area contributed by atoms with Gasteiger partial charge in [0.25, 0.3) is 0 Å². The predicted octanol–water partition coefficient (Wildman–Crippen LogP) is 13.8. The molecule has 10 aromatic rings. The van der Waals surface area contributed by atoms with Gasteiger partial charge < -0.3 is 9.13 Å². The van der Waals surface area contributed by atoms with Crippen molar-refractivity contribution >= 4 is 43.6 Å². The van der Waals surface area contributed by atoms with E-state index in [9.17, 15) is 0 Å². The Hall–Kier alpha value is -6.64. The van der Waals surface area contributed by atoms with Crippen LogP contribution >= 0.6 is 0 Å². The van der Waals surface area contributed by atoms with E-state index >= 15 is 0 Å². The first kappa shape index (κ1) is 31.1. The maximum Gasteiger partial charge on any atom is 0.0576 e. The summed E-state index contributed by atoms with van der Waals surface area (Å²) < 4.78 is 4.91. The van der Waals surface area contributed by atoms with Gasteiger partial charge in [-0.1, -0.05) is 133 Å². The van der Waals surface area contributed by atoms with E-state index in [1.54, 1.807) is 0 Å². The third kappa shape index (κ3) is 4.87. The topological polar surface area (TPSA) is 9.86 Å². The summed E-state index contributed by atoms with van der Waals surface area (Å²) in [5, 5.41) is 5.14. The van der Waals surface area contributed by atoms with Crippen LogP contribution in [0.25, 0.3) is 88.4 Å². The molecule has 0 unspecified atom stereocenters. The molecule has 252 valence electrons. The molecule has 8 aromatic carbocycles. The second-order valence-corrected chi connectivity index (χ2v) is 14.3. The highest BCUT2D eigenvalue weighted by Crippen LogP contribution is 2.44. The van der Waals surface area contributed by atoms with Gasteiger partial charge in [-0.3, -0.25) is 0 Å². The van der Waals surface area contributed by atoms with Crippen LogP contribution in [-0.4, -0.2) is 9.13 Å². The lowest BCUT2D eigenvalue weighted by molar-refractivity contribution is 1.17. The summed E-state index contributed by atoms with van der Waals surface area (Å²) >= 11 is 0. The molecule has 0 N–H and O–H groups in total. The molecule has 2 aromatic heterocycles. The fraction of sp³-hybridized carbons (Fsp3) is 0.0588. The number of para-hydroxylation sites is 2. The number of fused-ring (bicyclic) bond motifs is 6. The van der Waals surface area contributed by atoms with E-state index in [4.69, 9.17) is 0 Å². The molecule has 10 rings (SSSR count). The first-order valence-corrected chi connectivity index (χ1v) is 18.4. The molecule has 0 atom stereocenters. The van der Waals surface area contributed by atoms with Gasteiger partial charge in [0.2, 0.25) is 0 Å². The largest absolute Gasteiger partial charge is 0.309 e. The number of hydrogen-bond donors (Lipinski definition) is 0. The third-order valence-corrected chi connectivity index (χ3v) is 11.2. The van der Waals surface area contributed by atoms with Gasteiger partial charge in [0, 0.05) is 32.9 Å². The number of benzene rings is 8. The molecule has 0 bridgehead atoms. The summed E-state index contributed by atoms with van der Waals surface area (Å²) in [4.78, 5) is 0. The summed E-state index contributed by atoms with van der Waals surface area (Å²) in [6.45, 7) is 6.91. The monoisotopic (exact) mass is 678 g/mol. The zero-order valence-corrected chi connectivity index (χ0v) is 30.1. The molecule has 0 saturated carbocycles. The number of aromatic nitrogens is 2. The molecule has 2 nitrogen and oxygen atoms in total. The Morgan fingerprint density at radius 3 is 1.45 bits per heavy atom. The molecule has 53 heavy (non-hydrogen) atoms. The molecule has 0 saturated heterocycles. The van der Waals surface area contributed by atoms with E-state index in [2.05, 4.69) is 206 Å². The SMILES string of the molecule is Cc1cc2c(c(C)c1-c1ccc3c4ccccc4n(-c4ccc(-c5ccccc5)cc4)c3c1C)c1ccccc1n2-c1ccc(-c2ccccc2)cc1. The average molecular weight is 679 g/mol. The van der Waals surface area contributed by atoms with Crippen LogP contribution in [0, 0.1) is 20.8 Å². The van der Waals surface area contributed by atoms with Crippen molar-refractivity contribution in [2.75, 3.05) is 0 Å². The lowest BCUT2D eigenvalue weighted by atomic mass is 9.89. The average Bonchev–Trinajstić information content (AvgIpc) is 3.73. The highest BCUT2D eigenvalue weighted by molar-refractivity contribution is 6.15. The van der Waals surface area contributed by atoms with Crippen LogP contribution in [0.5, 0.6) is 0 Å². The van der Waals surface area contributed by atoms with Crippen molar-refractivity contribution < 1.29 is 0 Å². The van der Waals surface area contributed by atoms with Crippen LogP contribution in [0.3, 0.4) is 0 Å². The maximum atomic E-state index is 2.46. The summed E-state index contributed by atoms with van der Waals surface area (Å²) in [5.74, 6) is 0. The number of nitrogens with zero attached hydrogens (tertiary/aromatic N) is 2. The molecule has 0 spiro atoms. The van der Waals surface area contributed by atoms with Crippen molar-refractivity contribution in [2.45, 2.75) is 20.8 Å². The van der Waals surface area contributed by atoms with Crippen molar-refractivity contribution in [3.05, 3.63) is 193 Å². The second-order valence-electron chi connectivity index (χ2n) is 14.3. The first-order chi connectivity index (χ1) is 26.1. The summed E-state index contributed by atoms with van der Waals surface area (Å²) in [6, 6.07) is 64.1. The van der Waals surface area contributed by atoms with Gasteiger partial charge >= 0.3 is 0 Å². The van der Waals surface area contributed by atoms with Gasteiger partial charge in [-0.25, -0.2) is 0 Å². The zero-order chi connectivity index (χ0) is 35.6. The Labute approximate surface area is 309 Å². The highest BCUT2D eigenvalue weighted by atomic mass is 15.0. The lowest BCUT2D eigenvalue weighted by Crippen LogP contribution is -1.99. The Kier molecular flexibility index (Phi) is 7.19. The Morgan fingerprint density at radius 1 is 0.358 bits per heavy atom. The molecule has 2 heterocycles. The molecule has 0 radical (unpaired) electrons. The van der Waals surface area contributed by atoms with Gasteiger partial charge in [0.1, 0.15) is 0 Å². The molecular weight excluding hydrogens is 641 g/mol. The number of hydrogen-bond acceptors (Lipinski definition) is 0. The molecule has 0 aliphatic rings. The van der Waals surface area contributed by atoms with Gasteiger partial charge in [-0.2, -0.15) is 0 Å². The van der Waals surface area contributed by atoms with Gasteiger partial charge in [0.05, 0.1) is 22.1 Å². The third-order valence-electron chi connectivity index (χ3n) is 11.2. The van der Waals surface area contributed by atoms with E-state index in [1.165, 1.54) is 105 Å². The minimum atomic E-state index is 1.17. The second kappa shape index (κ2) is 12.3. The maximum absolute atomic E-state index is 2.46. The Balaban J connectivity index is 1.17. The Morgan fingerprint density at radius 2 is 0.849 bits per heavy atom. The van der Waals surface area contributed by atoms with Gasteiger partial charge in [-0.05, 0) is 113 Å². The standard InChI is InChI=1S/C51H38N2/c1-33-32-48-50(45-19-11-13-21-47(45)52(48)40-26-22-38(23-27-40)36-14-6-4-7-15-36)35(3)49(33)42-30-31-44-43-18-10-12-20-46(43)53(51(44)34(42)2)41-28-24-39(25-29-41)37-16-8-5-9-17-37/h4-32H,1-3H3. The van der Waals surface area contributed by atoms with E-state index in [0.717, 1.165) is 0 Å². The molecule has 2 heteroatoms. The summed E-state index contributed by atoms with van der Waals surface area (Å²) in [7, 11) is 0. The predicted molar refractivity (Wildman–Crippen MR) is 226 cm³/mol. The van der Waals surface area contributed by atoms with Gasteiger partial charge in [-0.15, -0.1) is 0 Å². The van der Waals surface area contributed by atoms with Crippen molar-refractivity contribution in [1.29, 1.82) is 0 Å². The fourth-order valence-electron chi connectivity index (χ4n) is 8.81. The minimum absolute atomic E-state index is 1.17. The van der Waals surface area contributed by atoms with Crippen LogP contribution < -0.4 is 0 Å². The summed E-state index contributed by atoms with van der Waals surface area (Å²) in [5.41, 5.74) is 18.7. The van der Waals surface area contributed by atoms with Crippen molar-refractivity contribution in [1.82, 2.24) is 9.13 Å². The van der Waals surface area contributed by atoms with Crippen molar-refractivity contribution in [2.24, 2.45) is 0 Å². The Bertz CT molecular complexity index is 2980. The zero-order valence-electron chi connectivity index (χ0n) is 30.1. The molecule has 0 amide bonds. The normalized spacial score (nSPS) is 11.7. The quantitative estimate of drug-likeness (QED) is 0.171. The van der Waals surface area contributed by atoms with Crippen LogP contribution in [0.4, 0.5) is 0 Å². The lowest BCUT2D eigenvalue weighted by Gasteiger charge is -2.18. The van der Waals surface area contributed by atoms with Gasteiger partial charge in [0.15, 0.2) is 0 Å². The van der Waals surface area contributed by atoms with E-state index < -0.39 is 0 Å². The molecular formula is C51H38N2. The summed E-state index contributed by atoms with van der Waals surface area (Å²) in [6.07, 6.45) is 0. The fourth-order valence-corrected chi connectivity index (χ4v) is 8.81. The molecule has 0 fully saturated rings. The van der Waals surface area contributed by atoms with Crippen LogP contribution in [0.1, 0.15) is 16.7 Å². The smallest absolute Gasteiger partial charge is 0.0576 e. The van der Waals surface area contributed by atoms with Crippen LogP contribution in [0.2, 0.25) is 0 Å². The first-order valence-electron chi connectivity index (χ1n) is 18.4. The molecule has 0 aliphatic carbocycles. The number of aryl methyl sites for hydroxylation is 3. The molecule has 0 aliphatic heterocycles. The van der Waals surface area contributed by atoms with E-state index in [1.807, 2.05) is 0 Å². The van der Waals surface area contributed by atoms with Crippen molar-refractivity contribution in [3.8, 4) is 44.8 Å². The van der Waals surface area contributed by atoms with Crippen LogP contribution in [-0.2, 0) is 0 Å². The highest BCUT2D eigenvalue weighted by Gasteiger charge is 2.22.